The maximum atomic E-state index is 13.6. The highest BCUT2D eigenvalue weighted by Crippen LogP contribution is 2.29. The Labute approximate surface area is 232 Å². The Morgan fingerprint density at radius 2 is 1.52 bits per heavy atom. The lowest BCUT2D eigenvalue weighted by atomic mass is 10.1. The number of nitrogens with zero attached hydrogens (tertiary/aromatic N) is 2. The van der Waals surface area contributed by atoms with Crippen molar-refractivity contribution in [3.63, 3.8) is 0 Å². The predicted molar refractivity (Wildman–Crippen MR) is 146 cm³/mol. The van der Waals surface area contributed by atoms with Gasteiger partial charge in [-0.3, -0.25) is 9.52 Å². The van der Waals surface area contributed by atoms with Crippen molar-refractivity contribution in [1.29, 1.82) is 0 Å². The first-order valence-electron chi connectivity index (χ1n) is 13.1. The van der Waals surface area contributed by atoms with E-state index in [-0.39, 0.29) is 10.8 Å². The van der Waals surface area contributed by atoms with Crippen LogP contribution in [0.5, 0.6) is 0 Å². The monoisotopic (exact) mass is 584 g/mol. The SMILES string of the molecule is Cc1ccc(S(=O)(=O)Nc2ccc(N3CCNCC3)c(C(=O)N3CCCCCC3)c2)c(C)c1.O=C(O)C(F)(F)F. The van der Waals surface area contributed by atoms with Gasteiger partial charge in [0.05, 0.1) is 10.5 Å². The predicted octanol–water partition coefficient (Wildman–Crippen LogP) is 4.16. The van der Waals surface area contributed by atoms with Gasteiger partial charge < -0.3 is 20.2 Å². The van der Waals surface area contributed by atoms with Crippen LogP contribution in [0, 0.1) is 13.8 Å². The van der Waals surface area contributed by atoms with Gasteiger partial charge in [-0.05, 0) is 56.5 Å². The summed E-state index contributed by atoms with van der Waals surface area (Å²) in [6, 6.07) is 10.6. The summed E-state index contributed by atoms with van der Waals surface area (Å²) in [4.78, 5) is 26.9. The van der Waals surface area contributed by atoms with Gasteiger partial charge in [0.1, 0.15) is 0 Å². The highest BCUT2D eigenvalue weighted by atomic mass is 32.2. The number of nitrogens with one attached hydrogen (secondary N) is 2. The Morgan fingerprint density at radius 1 is 0.925 bits per heavy atom. The Bertz CT molecular complexity index is 1300. The second-order valence-corrected chi connectivity index (χ2v) is 11.5. The van der Waals surface area contributed by atoms with E-state index in [4.69, 9.17) is 9.90 Å². The van der Waals surface area contributed by atoms with E-state index in [1.165, 1.54) is 0 Å². The number of piperazine rings is 1. The molecule has 2 aliphatic heterocycles. The number of likely N-dealkylation sites (tertiary alicyclic amines) is 1. The molecule has 4 rings (SSSR count). The molecule has 2 heterocycles. The molecule has 0 bridgehead atoms. The van der Waals surface area contributed by atoms with E-state index in [0.717, 1.165) is 76.2 Å². The second-order valence-electron chi connectivity index (χ2n) is 9.85. The molecule has 0 saturated carbocycles. The number of carbonyl (C=O) groups is 2. The number of hydrogen-bond donors (Lipinski definition) is 3. The molecule has 2 fully saturated rings. The maximum absolute atomic E-state index is 13.6. The molecule has 9 nitrogen and oxygen atoms in total. The molecule has 0 spiro atoms. The second kappa shape index (κ2) is 13.4. The van der Waals surface area contributed by atoms with Gasteiger partial charge in [0, 0.05) is 50.6 Å². The van der Waals surface area contributed by atoms with Gasteiger partial charge in [0.25, 0.3) is 15.9 Å². The molecule has 3 N–H and O–H groups in total. The fourth-order valence-corrected chi connectivity index (χ4v) is 5.98. The maximum Gasteiger partial charge on any atom is 0.490 e. The van der Waals surface area contributed by atoms with E-state index < -0.39 is 22.2 Å². The molecule has 2 saturated heterocycles. The number of alkyl halides is 3. The van der Waals surface area contributed by atoms with Crippen molar-refractivity contribution in [1.82, 2.24) is 10.2 Å². The van der Waals surface area contributed by atoms with Crippen LogP contribution in [0.4, 0.5) is 24.5 Å². The van der Waals surface area contributed by atoms with Crippen molar-refractivity contribution in [2.45, 2.75) is 50.6 Å². The minimum absolute atomic E-state index is 0.0157. The largest absolute Gasteiger partial charge is 0.490 e. The molecular weight excluding hydrogens is 549 g/mol. The lowest BCUT2D eigenvalue weighted by Gasteiger charge is -2.32. The van der Waals surface area contributed by atoms with Crippen molar-refractivity contribution in [2.75, 3.05) is 48.9 Å². The molecule has 0 atom stereocenters. The number of hydrogen-bond acceptors (Lipinski definition) is 6. The number of carboxylic acids is 1. The van der Waals surface area contributed by atoms with Crippen molar-refractivity contribution in [3.8, 4) is 0 Å². The van der Waals surface area contributed by atoms with Crippen LogP contribution in [0.15, 0.2) is 41.3 Å². The number of anilines is 2. The van der Waals surface area contributed by atoms with E-state index in [2.05, 4.69) is 14.9 Å². The third kappa shape index (κ3) is 8.34. The van der Waals surface area contributed by atoms with E-state index >= 15 is 0 Å². The Morgan fingerprint density at radius 3 is 2.08 bits per heavy atom. The molecule has 1 amide bonds. The highest BCUT2D eigenvalue weighted by Gasteiger charge is 2.38. The van der Waals surface area contributed by atoms with Gasteiger partial charge in [-0.2, -0.15) is 13.2 Å². The summed E-state index contributed by atoms with van der Waals surface area (Å²) in [6.45, 7) is 8.57. The molecule has 2 aromatic rings. The molecule has 40 heavy (non-hydrogen) atoms. The molecule has 220 valence electrons. The molecule has 0 aromatic heterocycles. The number of aryl methyl sites for hydroxylation is 2. The first-order chi connectivity index (χ1) is 18.8. The lowest BCUT2D eigenvalue weighted by molar-refractivity contribution is -0.192. The topological polar surface area (TPSA) is 119 Å². The van der Waals surface area contributed by atoms with Crippen LogP contribution in [0.1, 0.15) is 47.2 Å². The van der Waals surface area contributed by atoms with E-state index in [9.17, 15) is 26.4 Å². The summed E-state index contributed by atoms with van der Waals surface area (Å²) in [6.07, 6.45) is -0.782. The summed E-state index contributed by atoms with van der Waals surface area (Å²) >= 11 is 0. The normalized spacial score (nSPS) is 16.4. The summed E-state index contributed by atoms with van der Waals surface area (Å²) in [5.41, 5.74) is 3.56. The smallest absolute Gasteiger partial charge is 0.475 e. The van der Waals surface area contributed by atoms with Crippen LogP contribution in [-0.2, 0) is 14.8 Å². The van der Waals surface area contributed by atoms with Crippen molar-refractivity contribution in [2.24, 2.45) is 0 Å². The average Bonchev–Trinajstić information content (AvgIpc) is 3.18. The molecule has 0 aliphatic carbocycles. The van der Waals surface area contributed by atoms with Crippen LogP contribution in [0.2, 0.25) is 0 Å². The quantitative estimate of drug-likeness (QED) is 0.483. The van der Waals surface area contributed by atoms with Gasteiger partial charge >= 0.3 is 12.1 Å². The number of carbonyl (C=O) groups excluding carboxylic acids is 1. The minimum Gasteiger partial charge on any atom is -0.475 e. The standard InChI is InChI=1S/C25H34N4O3S.C2HF3O2/c1-19-7-10-24(20(2)17-19)33(31,32)27-21-8-9-23(28-15-11-26-12-16-28)22(18-21)25(30)29-13-5-3-4-6-14-29;3-2(4,5)1(6)7/h7-10,17-18,26-27H,3-6,11-16H2,1-2H3;(H,6,7). The van der Waals surface area contributed by atoms with E-state index in [0.29, 0.717) is 16.8 Å². The highest BCUT2D eigenvalue weighted by molar-refractivity contribution is 7.92. The third-order valence-electron chi connectivity index (χ3n) is 6.69. The first kappa shape index (κ1) is 31.2. The van der Waals surface area contributed by atoms with Crippen LogP contribution in [-0.4, -0.2) is 75.7 Å². The average molecular weight is 585 g/mol. The zero-order valence-electron chi connectivity index (χ0n) is 22.6. The zero-order chi connectivity index (χ0) is 29.5. The lowest BCUT2D eigenvalue weighted by Crippen LogP contribution is -2.44. The molecule has 0 radical (unpaired) electrons. The Kier molecular flexibility index (Phi) is 10.4. The molecule has 13 heteroatoms. The summed E-state index contributed by atoms with van der Waals surface area (Å²) in [7, 11) is -3.77. The van der Waals surface area contributed by atoms with Crippen molar-refractivity contribution < 1.29 is 36.3 Å². The van der Waals surface area contributed by atoms with Crippen LogP contribution < -0.4 is 14.9 Å². The van der Waals surface area contributed by atoms with Gasteiger partial charge in [-0.1, -0.05) is 30.5 Å². The van der Waals surface area contributed by atoms with Gasteiger partial charge in [0.2, 0.25) is 0 Å². The molecular formula is C27H35F3N4O5S. The molecule has 2 aliphatic rings. The van der Waals surface area contributed by atoms with Crippen molar-refractivity contribution >= 4 is 33.3 Å². The summed E-state index contributed by atoms with van der Waals surface area (Å²) in [5, 5.41) is 10.5. The first-order valence-corrected chi connectivity index (χ1v) is 14.6. The van der Waals surface area contributed by atoms with Gasteiger partial charge in [0.15, 0.2) is 0 Å². The molecule has 0 unspecified atom stereocenters. The number of amides is 1. The van der Waals surface area contributed by atoms with E-state index in [1.807, 2.05) is 24.0 Å². The van der Waals surface area contributed by atoms with Crippen LogP contribution >= 0.6 is 0 Å². The summed E-state index contributed by atoms with van der Waals surface area (Å²) < 4.78 is 60.7. The molecule has 2 aromatic carbocycles. The number of halogens is 3. The number of benzene rings is 2. The Balaban J connectivity index is 0.000000559. The van der Waals surface area contributed by atoms with Crippen molar-refractivity contribution in [3.05, 3.63) is 53.1 Å². The third-order valence-corrected chi connectivity index (χ3v) is 8.23. The fraction of sp³-hybridized carbons (Fsp3) is 0.481. The number of rotatable bonds is 5. The van der Waals surface area contributed by atoms with Crippen LogP contribution in [0.25, 0.3) is 0 Å². The zero-order valence-corrected chi connectivity index (χ0v) is 23.4. The minimum atomic E-state index is -5.08. The number of sulfonamides is 1. The van der Waals surface area contributed by atoms with Gasteiger partial charge in [-0.15, -0.1) is 0 Å². The van der Waals surface area contributed by atoms with Gasteiger partial charge in [-0.25, -0.2) is 13.2 Å². The summed E-state index contributed by atoms with van der Waals surface area (Å²) in [5.74, 6) is -2.77. The number of carboxylic acid groups (broad SMARTS) is 1. The van der Waals surface area contributed by atoms with E-state index in [1.54, 1.807) is 31.2 Å². The fourth-order valence-electron chi connectivity index (χ4n) is 4.71. The van der Waals surface area contributed by atoms with Crippen LogP contribution in [0.3, 0.4) is 0 Å². The Hall–Kier alpha value is -3.32. The number of aliphatic carboxylic acids is 1.